The first-order chi connectivity index (χ1) is 13.5. The SMILES string of the molecule is C=C(C)C(=O)OC(CCC)OC(=O)/C=C(/C)C(=O)OC(CCC)OC(=O)C(=C)C. The molecule has 0 heterocycles. The number of hydrogen-bond donors (Lipinski definition) is 0. The Hall–Kier alpha value is -2.90. The number of esters is 4. The van der Waals surface area contributed by atoms with E-state index in [1.54, 1.807) is 0 Å². The van der Waals surface area contributed by atoms with Gasteiger partial charge >= 0.3 is 23.9 Å². The predicted octanol–water partition coefficient (Wildman–Crippen LogP) is 3.51. The first kappa shape index (κ1) is 26.1. The van der Waals surface area contributed by atoms with Gasteiger partial charge in [-0.05, 0) is 33.6 Å². The smallest absolute Gasteiger partial charge is 0.337 e. The van der Waals surface area contributed by atoms with Crippen LogP contribution in [0.25, 0.3) is 0 Å². The Morgan fingerprint density at radius 2 is 1.10 bits per heavy atom. The lowest BCUT2D eigenvalue weighted by molar-refractivity contribution is -0.186. The molecule has 8 heteroatoms. The third kappa shape index (κ3) is 10.9. The summed E-state index contributed by atoms with van der Waals surface area (Å²) in [6.07, 6.45) is 0.498. The molecule has 29 heavy (non-hydrogen) atoms. The Kier molecular flexibility index (Phi) is 12.0. The van der Waals surface area contributed by atoms with Gasteiger partial charge in [-0.15, -0.1) is 0 Å². The summed E-state index contributed by atoms with van der Waals surface area (Å²) in [6.45, 7) is 14.9. The van der Waals surface area contributed by atoms with Gasteiger partial charge in [0.05, 0.1) is 0 Å². The standard InChI is InChI=1S/C21H30O8/c1-8-10-17(27-19(23)13(3)4)26-16(22)12-15(7)21(25)29-18(11-9-2)28-20(24)14(5)6/h12,17-18H,3,5,8-11H2,1-2,4,6-7H3/b15-12-. The first-order valence-corrected chi connectivity index (χ1v) is 9.34. The molecular weight excluding hydrogens is 380 g/mol. The Labute approximate surface area is 171 Å². The van der Waals surface area contributed by atoms with Crippen molar-refractivity contribution in [2.75, 3.05) is 0 Å². The van der Waals surface area contributed by atoms with Gasteiger partial charge in [0, 0.05) is 35.6 Å². The Balaban J connectivity index is 5.00. The van der Waals surface area contributed by atoms with Gasteiger partial charge in [-0.1, -0.05) is 27.0 Å². The molecule has 0 N–H and O–H groups in total. The summed E-state index contributed by atoms with van der Waals surface area (Å²) in [7, 11) is 0. The van der Waals surface area contributed by atoms with E-state index in [1.807, 2.05) is 13.8 Å². The zero-order chi connectivity index (χ0) is 22.6. The van der Waals surface area contributed by atoms with Crippen LogP contribution >= 0.6 is 0 Å². The Bertz CT molecular complexity index is 674. The van der Waals surface area contributed by atoms with Crippen LogP contribution in [0.5, 0.6) is 0 Å². The normalized spacial score (nSPS) is 12.9. The molecule has 0 spiro atoms. The molecule has 162 valence electrons. The van der Waals surface area contributed by atoms with Crippen LogP contribution in [-0.4, -0.2) is 36.5 Å². The molecule has 0 rings (SSSR count). The maximum Gasteiger partial charge on any atom is 0.337 e. The fourth-order valence-corrected chi connectivity index (χ4v) is 1.81. The van der Waals surface area contributed by atoms with Crippen molar-refractivity contribution < 1.29 is 38.1 Å². The van der Waals surface area contributed by atoms with Crippen molar-refractivity contribution in [1.29, 1.82) is 0 Å². The molecule has 0 aliphatic carbocycles. The van der Waals surface area contributed by atoms with Crippen LogP contribution in [0.4, 0.5) is 0 Å². The van der Waals surface area contributed by atoms with Crippen molar-refractivity contribution in [2.24, 2.45) is 0 Å². The monoisotopic (exact) mass is 410 g/mol. The molecule has 0 aliphatic rings. The van der Waals surface area contributed by atoms with Crippen LogP contribution in [0.2, 0.25) is 0 Å². The van der Waals surface area contributed by atoms with Gasteiger partial charge in [-0.2, -0.15) is 0 Å². The van der Waals surface area contributed by atoms with E-state index < -0.39 is 36.5 Å². The molecule has 2 atom stereocenters. The van der Waals surface area contributed by atoms with Crippen LogP contribution in [0.3, 0.4) is 0 Å². The lowest BCUT2D eigenvalue weighted by atomic mass is 10.2. The van der Waals surface area contributed by atoms with E-state index in [0.29, 0.717) is 12.8 Å². The van der Waals surface area contributed by atoms with E-state index in [9.17, 15) is 19.2 Å². The van der Waals surface area contributed by atoms with E-state index in [0.717, 1.165) is 6.08 Å². The highest BCUT2D eigenvalue weighted by atomic mass is 16.7. The number of ether oxygens (including phenoxy) is 4. The molecular formula is C21H30O8. The van der Waals surface area contributed by atoms with Gasteiger partial charge in [0.1, 0.15) is 0 Å². The molecule has 0 aromatic carbocycles. The third-order valence-electron chi connectivity index (χ3n) is 3.37. The van der Waals surface area contributed by atoms with Gasteiger partial charge in [-0.3, -0.25) is 0 Å². The molecule has 0 fully saturated rings. The fraction of sp³-hybridized carbons (Fsp3) is 0.524. The van der Waals surface area contributed by atoms with Crippen LogP contribution in [0.15, 0.2) is 36.0 Å². The number of rotatable bonds is 12. The number of hydrogen-bond acceptors (Lipinski definition) is 8. The minimum absolute atomic E-state index is 0.0658. The third-order valence-corrected chi connectivity index (χ3v) is 3.37. The van der Waals surface area contributed by atoms with E-state index in [4.69, 9.17) is 18.9 Å². The second kappa shape index (κ2) is 13.3. The highest BCUT2D eigenvalue weighted by molar-refractivity contribution is 5.96. The van der Waals surface area contributed by atoms with Gasteiger partial charge < -0.3 is 18.9 Å². The molecule has 0 saturated heterocycles. The minimum Gasteiger partial charge on any atom is -0.422 e. The molecule has 8 nitrogen and oxygen atoms in total. The molecule has 0 radical (unpaired) electrons. The molecule has 0 aliphatic heterocycles. The van der Waals surface area contributed by atoms with Crippen molar-refractivity contribution in [3.05, 3.63) is 36.0 Å². The second-order valence-electron chi connectivity index (χ2n) is 6.48. The second-order valence-corrected chi connectivity index (χ2v) is 6.48. The lowest BCUT2D eigenvalue weighted by Crippen LogP contribution is -2.26. The molecule has 0 saturated carbocycles. The number of carbonyl (C=O) groups is 4. The summed E-state index contributed by atoms with van der Waals surface area (Å²) >= 11 is 0. The van der Waals surface area contributed by atoms with E-state index in [2.05, 4.69) is 13.2 Å². The van der Waals surface area contributed by atoms with E-state index in [1.165, 1.54) is 20.8 Å². The molecule has 0 amide bonds. The average molecular weight is 410 g/mol. The Morgan fingerprint density at radius 3 is 1.48 bits per heavy atom. The summed E-state index contributed by atoms with van der Waals surface area (Å²) in [4.78, 5) is 47.5. The largest absolute Gasteiger partial charge is 0.422 e. The highest BCUT2D eigenvalue weighted by Crippen LogP contribution is 2.12. The van der Waals surface area contributed by atoms with Gasteiger partial charge in [0.25, 0.3) is 0 Å². The van der Waals surface area contributed by atoms with Crippen LogP contribution in [-0.2, 0) is 38.1 Å². The van der Waals surface area contributed by atoms with Gasteiger partial charge in [0.2, 0.25) is 12.6 Å². The van der Waals surface area contributed by atoms with Crippen molar-refractivity contribution in [3.63, 3.8) is 0 Å². The first-order valence-electron chi connectivity index (χ1n) is 9.34. The van der Waals surface area contributed by atoms with E-state index in [-0.39, 0.29) is 29.6 Å². The summed E-state index contributed by atoms with van der Waals surface area (Å²) in [5.41, 5.74) is 0.275. The van der Waals surface area contributed by atoms with Gasteiger partial charge in [0.15, 0.2) is 0 Å². The summed E-state index contributed by atoms with van der Waals surface area (Å²) in [5.74, 6) is -3.09. The molecule has 0 aromatic heterocycles. The van der Waals surface area contributed by atoms with Crippen molar-refractivity contribution in [3.8, 4) is 0 Å². The van der Waals surface area contributed by atoms with Crippen LogP contribution in [0, 0.1) is 0 Å². The minimum atomic E-state index is -1.10. The zero-order valence-electron chi connectivity index (χ0n) is 17.7. The summed E-state index contributed by atoms with van der Waals surface area (Å²) < 4.78 is 20.3. The van der Waals surface area contributed by atoms with Crippen molar-refractivity contribution >= 4 is 23.9 Å². The summed E-state index contributed by atoms with van der Waals surface area (Å²) in [6, 6.07) is 0. The van der Waals surface area contributed by atoms with E-state index >= 15 is 0 Å². The lowest BCUT2D eigenvalue weighted by Gasteiger charge is -2.18. The summed E-state index contributed by atoms with van der Waals surface area (Å²) in [5, 5.41) is 0. The quantitative estimate of drug-likeness (QED) is 0.273. The van der Waals surface area contributed by atoms with Crippen molar-refractivity contribution in [2.45, 2.75) is 72.9 Å². The van der Waals surface area contributed by atoms with Gasteiger partial charge in [-0.25, -0.2) is 19.2 Å². The van der Waals surface area contributed by atoms with Crippen LogP contribution in [0.1, 0.15) is 60.3 Å². The maximum atomic E-state index is 12.2. The predicted molar refractivity (Wildman–Crippen MR) is 105 cm³/mol. The number of carbonyl (C=O) groups excluding carboxylic acids is 4. The molecule has 2 unspecified atom stereocenters. The maximum absolute atomic E-state index is 12.2. The van der Waals surface area contributed by atoms with Crippen molar-refractivity contribution in [1.82, 2.24) is 0 Å². The molecule has 0 aromatic rings. The highest BCUT2D eigenvalue weighted by Gasteiger charge is 2.22. The zero-order valence-corrected chi connectivity index (χ0v) is 17.7. The topological polar surface area (TPSA) is 105 Å². The molecule has 0 bridgehead atoms. The van der Waals surface area contributed by atoms with Crippen LogP contribution < -0.4 is 0 Å². The fourth-order valence-electron chi connectivity index (χ4n) is 1.81. The average Bonchev–Trinajstić information content (AvgIpc) is 2.61. The Morgan fingerprint density at radius 1 is 0.724 bits per heavy atom.